The van der Waals surface area contributed by atoms with Crippen LogP contribution in [0.25, 0.3) is 0 Å². The normalized spacial score (nSPS) is 36.7. The van der Waals surface area contributed by atoms with Crippen LogP contribution in [0.5, 0.6) is 0 Å². The molecule has 2 heterocycles. The Morgan fingerprint density at radius 3 is 1.98 bits per heavy atom. The highest BCUT2D eigenvalue weighted by atomic mass is 16.7. The van der Waals surface area contributed by atoms with Crippen molar-refractivity contribution in [2.24, 2.45) is 0 Å². The van der Waals surface area contributed by atoms with E-state index in [1.165, 1.54) is 0 Å². The van der Waals surface area contributed by atoms with Gasteiger partial charge in [-0.15, -0.1) is 0 Å². The lowest BCUT2D eigenvalue weighted by molar-refractivity contribution is -0.337. The fraction of sp³-hybridized carbons (Fsp3) is 0.962. The predicted octanol–water partition coefficient (Wildman–Crippen LogP) is -4.35. The summed E-state index contributed by atoms with van der Waals surface area (Å²) in [5.41, 5.74) is 0. The van der Waals surface area contributed by atoms with Crippen LogP contribution in [0, 0.1) is 0 Å². The molecule has 2 fully saturated rings. The van der Waals surface area contributed by atoms with E-state index in [1.807, 2.05) is 0 Å². The van der Waals surface area contributed by atoms with Crippen LogP contribution in [0.3, 0.4) is 0 Å². The van der Waals surface area contributed by atoms with Crippen LogP contribution in [0.4, 0.5) is 0 Å². The van der Waals surface area contributed by atoms with Crippen molar-refractivity contribution >= 4 is 6.29 Å². The first kappa shape index (κ1) is 37.3. The molecule has 42 heavy (non-hydrogen) atoms. The van der Waals surface area contributed by atoms with Crippen LogP contribution in [0.2, 0.25) is 0 Å². The van der Waals surface area contributed by atoms with E-state index < -0.39 is 106 Å². The van der Waals surface area contributed by atoms with Crippen LogP contribution in [-0.2, 0) is 28.5 Å². The van der Waals surface area contributed by atoms with Gasteiger partial charge in [0.1, 0.15) is 73.2 Å². The fourth-order valence-corrected chi connectivity index (χ4v) is 4.65. The molecule has 0 aromatic carbocycles. The second kappa shape index (κ2) is 18.8. The molecule has 2 saturated heterocycles. The minimum absolute atomic E-state index is 0.0182. The number of ether oxygens (including phenoxy) is 5. The number of hydrogen-bond acceptors (Lipinski definition) is 16. The Labute approximate surface area is 244 Å². The van der Waals surface area contributed by atoms with Crippen molar-refractivity contribution in [3.05, 3.63) is 0 Å². The Morgan fingerprint density at radius 2 is 1.33 bits per heavy atom. The summed E-state index contributed by atoms with van der Waals surface area (Å²) in [7, 11) is 0. The third-order valence-corrected chi connectivity index (χ3v) is 7.39. The van der Waals surface area contributed by atoms with Gasteiger partial charge in [-0.05, 0) is 6.42 Å². The Kier molecular flexibility index (Phi) is 16.7. The van der Waals surface area contributed by atoms with Crippen LogP contribution in [0.1, 0.15) is 45.4 Å². The molecule has 16 heteroatoms. The first-order chi connectivity index (χ1) is 20.0. The van der Waals surface area contributed by atoms with Gasteiger partial charge in [-0.3, -0.25) is 0 Å². The molecule has 248 valence electrons. The number of unbranched alkanes of at least 4 members (excludes halogenated alkanes) is 5. The number of aliphatic hydroxyl groups excluding tert-OH is 10. The summed E-state index contributed by atoms with van der Waals surface area (Å²) >= 11 is 0. The van der Waals surface area contributed by atoms with Crippen molar-refractivity contribution in [1.82, 2.24) is 0 Å². The van der Waals surface area contributed by atoms with Gasteiger partial charge in [-0.25, -0.2) is 0 Å². The molecule has 10 N–H and O–H groups in total. The Morgan fingerprint density at radius 1 is 0.714 bits per heavy atom. The SMILES string of the molecule is CCCCCCCCO[C@H]1[C@@H](OC[C@@H](O)[C@@H](O)[C@H](O)[C@@H](O)C=O)O[C@H](CO[C@H]2O[C@H](CO)[C@@H](O)[C@H](O)[C@H]2O)[C@@H](O)[C@@H]1O. The minimum Gasteiger partial charge on any atom is -0.394 e. The molecule has 0 amide bonds. The molecule has 2 aliphatic rings. The first-order valence-corrected chi connectivity index (χ1v) is 14.3. The Balaban J connectivity index is 2.06. The highest BCUT2D eigenvalue weighted by molar-refractivity contribution is 5.56. The average Bonchev–Trinajstić information content (AvgIpc) is 2.99. The molecule has 0 aromatic rings. The summed E-state index contributed by atoms with van der Waals surface area (Å²) in [6, 6.07) is 0. The van der Waals surface area contributed by atoms with Crippen molar-refractivity contribution in [3.8, 4) is 0 Å². The van der Waals surface area contributed by atoms with Gasteiger partial charge in [0, 0.05) is 6.61 Å². The van der Waals surface area contributed by atoms with E-state index >= 15 is 0 Å². The van der Waals surface area contributed by atoms with E-state index in [2.05, 4.69) is 6.92 Å². The lowest BCUT2D eigenvalue weighted by atomic mass is 9.98. The summed E-state index contributed by atoms with van der Waals surface area (Å²) in [5, 5.41) is 101. The van der Waals surface area contributed by atoms with E-state index in [4.69, 9.17) is 23.7 Å². The first-order valence-electron chi connectivity index (χ1n) is 14.3. The second-order valence-electron chi connectivity index (χ2n) is 10.7. The summed E-state index contributed by atoms with van der Waals surface area (Å²) in [4.78, 5) is 10.7. The quantitative estimate of drug-likeness (QED) is 0.0485. The van der Waals surface area contributed by atoms with Crippen molar-refractivity contribution < 1.29 is 79.5 Å². The van der Waals surface area contributed by atoms with E-state index in [0.29, 0.717) is 6.42 Å². The highest BCUT2D eigenvalue weighted by Gasteiger charge is 2.48. The van der Waals surface area contributed by atoms with Crippen molar-refractivity contribution in [1.29, 1.82) is 0 Å². The van der Waals surface area contributed by atoms with Gasteiger partial charge in [-0.2, -0.15) is 0 Å². The van der Waals surface area contributed by atoms with Gasteiger partial charge in [-0.1, -0.05) is 39.0 Å². The van der Waals surface area contributed by atoms with Crippen LogP contribution in [0.15, 0.2) is 0 Å². The average molecular weight is 617 g/mol. The van der Waals surface area contributed by atoms with Crippen LogP contribution < -0.4 is 0 Å². The Bertz CT molecular complexity index is 745. The lowest BCUT2D eigenvalue weighted by Gasteiger charge is -2.44. The zero-order valence-electron chi connectivity index (χ0n) is 23.7. The van der Waals surface area contributed by atoms with E-state index in [9.17, 15) is 55.9 Å². The molecule has 0 bridgehead atoms. The number of hydrogen-bond donors (Lipinski definition) is 10. The molecule has 14 atom stereocenters. The highest BCUT2D eigenvalue weighted by Crippen LogP contribution is 2.28. The minimum atomic E-state index is -2.01. The topological polar surface area (TPSA) is 266 Å². The summed E-state index contributed by atoms with van der Waals surface area (Å²) in [5.74, 6) is 0. The number of aldehydes is 1. The Hall–Kier alpha value is -0.930. The third-order valence-electron chi connectivity index (χ3n) is 7.39. The molecule has 0 spiro atoms. The predicted molar refractivity (Wildman–Crippen MR) is 140 cm³/mol. The van der Waals surface area contributed by atoms with E-state index in [-0.39, 0.29) is 12.9 Å². The van der Waals surface area contributed by atoms with Gasteiger partial charge in [0.05, 0.1) is 19.8 Å². The molecule has 2 rings (SSSR count). The smallest absolute Gasteiger partial charge is 0.187 e. The zero-order chi connectivity index (χ0) is 31.4. The molecule has 0 unspecified atom stereocenters. The van der Waals surface area contributed by atoms with E-state index in [1.54, 1.807) is 0 Å². The second-order valence-corrected chi connectivity index (χ2v) is 10.7. The van der Waals surface area contributed by atoms with Crippen molar-refractivity contribution in [2.75, 3.05) is 26.4 Å². The van der Waals surface area contributed by atoms with Gasteiger partial charge < -0.3 is 79.5 Å². The largest absolute Gasteiger partial charge is 0.394 e. The third kappa shape index (κ3) is 10.3. The van der Waals surface area contributed by atoms with Gasteiger partial charge >= 0.3 is 0 Å². The monoisotopic (exact) mass is 616 g/mol. The molecular weight excluding hydrogens is 568 g/mol. The number of rotatable bonds is 19. The van der Waals surface area contributed by atoms with Gasteiger partial charge in [0.15, 0.2) is 18.9 Å². The standard InChI is InChI=1S/C26H48O16/c1-2-3-4-5-6-7-8-38-24-22(36)20(34)16(12-40-25-23(37)21(35)19(33)15(10-28)41-25)42-26(24)39-11-14(30)18(32)17(31)13(29)9-27/h9,13-26,28-37H,2-8,10-12H2,1H3/t13-,14+,15+,16+,17+,18+,19+,20+,21-,22-,23+,24+,25-,26-/m0/s1. The summed E-state index contributed by atoms with van der Waals surface area (Å²) < 4.78 is 27.7. The van der Waals surface area contributed by atoms with Gasteiger partial charge in [0.25, 0.3) is 0 Å². The van der Waals surface area contributed by atoms with E-state index in [0.717, 1.165) is 32.1 Å². The molecule has 0 radical (unpaired) electrons. The van der Waals surface area contributed by atoms with Crippen LogP contribution >= 0.6 is 0 Å². The number of carbonyl (C=O) groups is 1. The van der Waals surface area contributed by atoms with Crippen molar-refractivity contribution in [3.63, 3.8) is 0 Å². The molecule has 0 saturated carbocycles. The maximum atomic E-state index is 10.9. The molecule has 0 aromatic heterocycles. The maximum absolute atomic E-state index is 10.9. The summed E-state index contributed by atoms with van der Waals surface area (Å²) in [6.45, 7) is 0.328. The number of carbonyl (C=O) groups excluding carboxylic acids is 1. The molecule has 16 nitrogen and oxygen atoms in total. The van der Waals surface area contributed by atoms with Crippen LogP contribution in [-0.4, -0.2) is 170 Å². The fourth-order valence-electron chi connectivity index (χ4n) is 4.65. The number of aliphatic hydroxyl groups is 10. The molecule has 0 aliphatic carbocycles. The van der Waals surface area contributed by atoms with Crippen molar-refractivity contribution in [2.45, 2.75) is 131 Å². The maximum Gasteiger partial charge on any atom is 0.187 e. The lowest BCUT2D eigenvalue weighted by Crippen LogP contribution is -2.62. The summed E-state index contributed by atoms with van der Waals surface area (Å²) in [6.07, 6.45) is -17.2. The zero-order valence-corrected chi connectivity index (χ0v) is 23.7. The molecular formula is C26H48O16. The van der Waals surface area contributed by atoms with Gasteiger partial charge in [0.2, 0.25) is 0 Å². The molecule has 2 aliphatic heterocycles.